The number of aromatic nitrogens is 2. The second-order valence-corrected chi connectivity index (χ2v) is 6.21. The summed E-state index contributed by atoms with van der Waals surface area (Å²) < 4.78 is 3.15. The molecule has 0 spiro atoms. The average molecular weight is 334 g/mol. The van der Waals surface area contributed by atoms with Crippen LogP contribution >= 0.6 is 15.9 Å². The molecule has 0 amide bonds. The van der Waals surface area contributed by atoms with Crippen LogP contribution in [0.2, 0.25) is 0 Å². The molecule has 1 N–H and O–H groups in total. The molecule has 1 aliphatic rings. The molecule has 3 nitrogen and oxygen atoms in total. The summed E-state index contributed by atoms with van der Waals surface area (Å²) in [5.74, 6) is 1.75. The maximum Gasteiger partial charge on any atom is 0.133 e. The van der Waals surface area contributed by atoms with E-state index in [0.717, 1.165) is 36.0 Å². The quantitative estimate of drug-likeness (QED) is 0.892. The van der Waals surface area contributed by atoms with Crippen LogP contribution in [0.4, 0.5) is 5.82 Å². The first-order valence-electron chi connectivity index (χ1n) is 7.36. The number of rotatable bonds is 4. The minimum absolute atomic E-state index is 0.567. The summed E-state index contributed by atoms with van der Waals surface area (Å²) in [4.78, 5) is 0. The Morgan fingerprint density at radius 2 is 2.15 bits per heavy atom. The highest BCUT2D eigenvalue weighted by Gasteiger charge is 2.26. The van der Waals surface area contributed by atoms with E-state index in [9.17, 15) is 0 Å². The molecule has 0 saturated heterocycles. The number of hydrogen-bond donors (Lipinski definition) is 1. The van der Waals surface area contributed by atoms with Gasteiger partial charge in [0.15, 0.2) is 0 Å². The molecule has 4 heteroatoms. The van der Waals surface area contributed by atoms with Gasteiger partial charge in [0.05, 0.1) is 11.4 Å². The van der Waals surface area contributed by atoms with Crippen molar-refractivity contribution in [3.05, 3.63) is 40.0 Å². The lowest BCUT2D eigenvalue weighted by atomic mass is 9.96. The number of nitrogens with zero attached hydrogens (tertiary/aromatic N) is 2. The molecule has 0 saturated carbocycles. The van der Waals surface area contributed by atoms with Crippen molar-refractivity contribution in [1.82, 2.24) is 9.78 Å². The van der Waals surface area contributed by atoms with Crippen molar-refractivity contribution in [1.29, 1.82) is 0 Å². The van der Waals surface area contributed by atoms with Gasteiger partial charge in [0.2, 0.25) is 0 Å². The highest BCUT2D eigenvalue weighted by Crippen LogP contribution is 2.35. The van der Waals surface area contributed by atoms with E-state index in [1.165, 1.54) is 17.1 Å². The fraction of sp³-hybridized carbons (Fsp3) is 0.438. The zero-order valence-electron chi connectivity index (χ0n) is 12.0. The minimum atomic E-state index is 0.567. The third-order valence-electron chi connectivity index (χ3n) is 4.11. The lowest BCUT2D eigenvalue weighted by Gasteiger charge is -2.10. The van der Waals surface area contributed by atoms with E-state index in [1.807, 2.05) is 6.07 Å². The summed E-state index contributed by atoms with van der Waals surface area (Å²) >= 11 is 3.54. The standard InChI is InChI=1S/C16H20BrN3/c1-3-11(4-2)15-14-8-9-18-16(14)20(19-15)13-7-5-6-12(17)10-13/h5-7,10-11,18H,3-4,8-9H2,1-2H3. The molecule has 3 rings (SSSR count). The number of hydrogen-bond acceptors (Lipinski definition) is 2. The Labute approximate surface area is 128 Å². The second-order valence-electron chi connectivity index (χ2n) is 5.29. The van der Waals surface area contributed by atoms with Gasteiger partial charge in [0.25, 0.3) is 0 Å². The first-order chi connectivity index (χ1) is 9.74. The zero-order chi connectivity index (χ0) is 14.1. The van der Waals surface area contributed by atoms with Gasteiger partial charge in [-0.05, 0) is 37.5 Å². The molecule has 106 valence electrons. The Balaban J connectivity index is 2.11. The van der Waals surface area contributed by atoms with Crippen molar-refractivity contribution < 1.29 is 0 Å². The lowest BCUT2D eigenvalue weighted by Crippen LogP contribution is -2.06. The predicted molar refractivity (Wildman–Crippen MR) is 86.8 cm³/mol. The molecule has 1 aliphatic heterocycles. The predicted octanol–water partition coefficient (Wildman–Crippen LogP) is 4.51. The van der Waals surface area contributed by atoms with Crippen LogP contribution in [0, 0.1) is 0 Å². The van der Waals surface area contributed by atoms with Gasteiger partial charge in [-0.3, -0.25) is 0 Å². The highest BCUT2D eigenvalue weighted by atomic mass is 79.9. The van der Waals surface area contributed by atoms with Crippen LogP contribution in [0.25, 0.3) is 5.69 Å². The molecular weight excluding hydrogens is 314 g/mol. The zero-order valence-corrected chi connectivity index (χ0v) is 13.6. The van der Waals surface area contributed by atoms with Crippen LogP contribution in [-0.4, -0.2) is 16.3 Å². The van der Waals surface area contributed by atoms with Crippen molar-refractivity contribution in [2.24, 2.45) is 0 Å². The van der Waals surface area contributed by atoms with Gasteiger partial charge in [-0.1, -0.05) is 35.8 Å². The fourth-order valence-electron chi connectivity index (χ4n) is 3.00. The number of halogens is 1. The summed E-state index contributed by atoms with van der Waals surface area (Å²) in [6.45, 7) is 5.52. The molecular formula is C16H20BrN3. The molecule has 1 aromatic carbocycles. The van der Waals surface area contributed by atoms with E-state index in [4.69, 9.17) is 5.10 Å². The molecule has 0 radical (unpaired) electrons. The van der Waals surface area contributed by atoms with E-state index >= 15 is 0 Å². The van der Waals surface area contributed by atoms with Crippen molar-refractivity contribution in [2.45, 2.75) is 39.0 Å². The number of nitrogens with one attached hydrogen (secondary N) is 1. The first kappa shape index (κ1) is 13.7. The summed E-state index contributed by atoms with van der Waals surface area (Å²) in [7, 11) is 0. The lowest BCUT2D eigenvalue weighted by molar-refractivity contribution is 0.607. The van der Waals surface area contributed by atoms with Gasteiger partial charge in [0, 0.05) is 22.5 Å². The van der Waals surface area contributed by atoms with Gasteiger partial charge in [0.1, 0.15) is 5.82 Å². The Morgan fingerprint density at radius 3 is 2.85 bits per heavy atom. The molecule has 20 heavy (non-hydrogen) atoms. The van der Waals surface area contributed by atoms with Crippen LogP contribution in [0.15, 0.2) is 28.7 Å². The number of fused-ring (bicyclic) bond motifs is 1. The topological polar surface area (TPSA) is 29.9 Å². The van der Waals surface area contributed by atoms with Crippen molar-refractivity contribution in [3.8, 4) is 5.69 Å². The SMILES string of the molecule is CCC(CC)c1nn(-c2cccc(Br)c2)c2c1CCN2. The van der Waals surface area contributed by atoms with Gasteiger partial charge in [-0.25, -0.2) is 4.68 Å². The normalized spacial score (nSPS) is 13.6. The third kappa shape index (κ3) is 2.26. The van der Waals surface area contributed by atoms with E-state index < -0.39 is 0 Å². The van der Waals surface area contributed by atoms with Gasteiger partial charge < -0.3 is 5.32 Å². The Kier molecular flexibility index (Phi) is 3.83. The largest absolute Gasteiger partial charge is 0.369 e. The molecule has 0 aliphatic carbocycles. The van der Waals surface area contributed by atoms with Gasteiger partial charge >= 0.3 is 0 Å². The van der Waals surface area contributed by atoms with Crippen molar-refractivity contribution in [3.63, 3.8) is 0 Å². The monoisotopic (exact) mass is 333 g/mol. The maximum absolute atomic E-state index is 4.92. The first-order valence-corrected chi connectivity index (χ1v) is 8.15. The van der Waals surface area contributed by atoms with Crippen LogP contribution in [0.1, 0.15) is 43.9 Å². The van der Waals surface area contributed by atoms with Gasteiger partial charge in [-0.2, -0.15) is 5.10 Å². The smallest absolute Gasteiger partial charge is 0.133 e. The molecule has 2 aromatic rings. The average Bonchev–Trinajstić information content (AvgIpc) is 3.03. The minimum Gasteiger partial charge on any atom is -0.369 e. The highest BCUT2D eigenvalue weighted by molar-refractivity contribution is 9.10. The molecule has 0 unspecified atom stereocenters. The van der Waals surface area contributed by atoms with Crippen LogP contribution in [0.3, 0.4) is 0 Å². The Bertz CT molecular complexity index is 614. The summed E-state index contributed by atoms with van der Waals surface area (Å²) in [5.41, 5.74) is 3.82. The van der Waals surface area contributed by atoms with Crippen LogP contribution in [-0.2, 0) is 6.42 Å². The fourth-order valence-corrected chi connectivity index (χ4v) is 3.39. The molecule has 2 heterocycles. The molecule has 0 bridgehead atoms. The Morgan fingerprint density at radius 1 is 1.35 bits per heavy atom. The van der Waals surface area contributed by atoms with Crippen molar-refractivity contribution >= 4 is 21.7 Å². The summed E-state index contributed by atoms with van der Waals surface area (Å²) in [6.07, 6.45) is 3.39. The third-order valence-corrected chi connectivity index (χ3v) is 4.60. The van der Waals surface area contributed by atoms with Crippen molar-refractivity contribution in [2.75, 3.05) is 11.9 Å². The summed E-state index contributed by atoms with van der Waals surface area (Å²) in [5, 5.41) is 8.41. The van der Waals surface area contributed by atoms with E-state index in [2.05, 4.69) is 58.0 Å². The van der Waals surface area contributed by atoms with Gasteiger partial charge in [-0.15, -0.1) is 0 Å². The Hall–Kier alpha value is -1.29. The van der Waals surface area contributed by atoms with E-state index in [-0.39, 0.29) is 0 Å². The van der Waals surface area contributed by atoms with E-state index in [1.54, 1.807) is 0 Å². The van der Waals surface area contributed by atoms with Crippen LogP contribution < -0.4 is 5.32 Å². The summed E-state index contributed by atoms with van der Waals surface area (Å²) in [6, 6.07) is 8.32. The molecule has 0 fully saturated rings. The molecule has 0 atom stereocenters. The molecule has 1 aromatic heterocycles. The van der Waals surface area contributed by atoms with Crippen LogP contribution in [0.5, 0.6) is 0 Å². The number of benzene rings is 1. The number of anilines is 1. The maximum atomic E-state index is 4.92. The second kappa shape index (κ2) is 5.60. The van der Waals surface area contributed by atoms with E-state index in [0.29, 0.717) is 5.92 Å².